The van der Waals surface area contributed by atoms with Gasteiger partial charge >= 0.3 is 0 Å². The number of hydrogen-bond acceptors (Lipinski definition) is 14. The maximum absolute atomic E-state index is 2.59. The number of rotatable bonds is 16. The molecule has 16 heterocycles. The second kappa shape index (κ2) is 25.3. The minimum absolute atomic E-state index is 0.188. The van der Waals surface area contributed by atoms with Gasteiger partial charge in [0.2, 0.25) is 0 Å². The number of thiophene rings is 14. The summed E-state index contributed by atoms with van der Waals surface area (Å²) in [6.45, 7) is 43.7. The van der Waals surface area contributed by atoms with E-state index >= 15 is 0 Å². The maximum Gasteiger partial charge on any atom is 0.0904 e. The molecule has 0 saturated carbocycles. The van der Waals surface area contributed by atoms with E-state index in [1.165, 1.54) is 166 Å². The fourth-order valence-electron chi connectivity index (χ4n) is 14.4. The van der Waals surface area contributed by atoms with E-state index in [0.717, 1.165) is 0 Å². The van der Waals surface area contributed by atoms with E-state index in [1.807, 2.05) is 90.7 Å². The second-order valence-electron chi connectivity index (χ2n) is 30.5. The van der Waals surface area contributed by atoms with Gasteiger partial charge in [-0.25, -0.2) is 0 Å². The van der Waals surface area contributed by atoms with Crippen LogP contribution in [0, 0.1) is 55.4 Å². The minimum atomic E-state index is -2.06. The highest BCUT2D eigenvalue weighted by Gasteiger charge is 2.50. The molecule has 0 unspecified atom stereocenters. The van der Waals surface area contributed by atoms with Crippen molar-refractivity contribution in [3.05, 3.63) is 164 Å². The van der Waals surface area contributed by atoms with Gasteiger partial charge in [0.05, 0.1) is 41.8 Å². The molecular formula is C78H80S14Si5. The Bertz CT molecular complexity index is 5250. The van der Waals surface area contributed by atoms with Crippen molar-refractivity contribution in [1.82, 2.24) is 0 Å². The van der Waals surface area contributed by atoms with Crippen molar-refractivity contribution in [3.8, 4) is 117 Å². The Kier molecular flexibility index (Phi) is 17.9. The van der Waals surface area contributed by atoms with Gasteiger partial charge in [0.15, 0.2) is 0 Å². The molecule has 0 N–H and O–H groups in total. The highest BCUT2D eigenvalue weighted by molar-refractivity contribution is 7.36. The second-order valence-corrected chi connectivity index (χ2v) is 68.0. The summed E-state index contributed by atoms with van der Waals surface area (Å²) in [6.07, 6.45) is 0. The molecule has 0 aromatic carbocycles. The highest BCUT2D eigenvalue weighted by Crippen LogP contribution is 2.60. The fraction of sp³-hybridized carbons (Fsp3) is 0.282. The van der Waals surface area contributed by atoms with Crippen molar-refractivity contribution in [2.45, 2.75) is 145 Å². The Hall–Kier alpha value is -3.12. The topological polar surface area (TPSA) is 0 Å². The largest absolute Gasteiger partial charge is 0.145 e. The first-order chi connectivity index (χ1) is 46.0. The SMILES string of the molecule is C[SiH2]c1ccc(-c2sc(-c3sc(-c4sc(-c5cc(C)c(-c6cc(C)c(-c7ccc([Si](C)(C)C)s7)s6)s5)c5c4C[Si]4(C5)Cc5c(-c6cc(C)c(-c7cc(C)c(-c8ccc([Si](C)(C)C)s8)s7)s6)sc(-c6cc(C)c(-c7cc(C)c(-c8ccc([Si](C)(C)C)s8)s7)s6)c5C4)cc3C)cc2C)s1. The summed E-state index contributed by atoms with van der Waals surface area (Å²) < 4.78 is 6.37. The first-order valence-corrected chi connectivity index (χ1v) is 60.5. The summed E-state index contributed by atoms with van der Waals surface area (Å²) >= 11 is 28.8. The summed E-state index contributed by atoms with van der Waals surface area (Å²) in [7, 11) is -6.48. The Labute approximate surface area is 636 Å². The molecule has 0 amide bonds. The zero-order valence-electron chi connectivity index (χ0n) is 58.5. The van der Waals surface area contributed by atoms with E-state index in [-0.39, 0.29) is 9.52 Å². The molecular weight excluding hydrogens is 1530 g/mol. The summed E-state index contributed by atoms with van der Waals surface area (Å²) in [6, 6.07) is 44.6. The van der Waals surface area contributed by atoms with Crippen LogP contribution < -0.4 is 18.0 Å². The lowest BCUT2D eigenvalue weighted by Gasteiger charge is -2.21. The van der Waals surface area contributed by atoms with Crippen molar-refractivity contribution in [1.29, 1.82) is 0 Å². The lowest BCUT2D eigenvalue weighted by Crippen LogP contribution is -2.38. The van der Waals surface area contributed by atoms with Crippen molar-refractivity contribution < 1.29 is 0 Å². The van der Waals surface area contributed by atoms with Crippen LogP contribution in [0.4, 0.5) is 0 Å². The van der Waals surface area contributed by atoms with Gasteiger partial charge in [-0.3, -0.25) is 0 Å². The quantitative estimate of drug-likeness (QED) is 0.0846. The Morgan fingerprint density at radius 1 is 0.247 bits per heavy atom. The molecule has 97 heavy (non-hydrogen) atoms. The van der Waals surface area contributed by atoms with Gasteiger partial charge in [-0.05, 0) is 237 Å². The van der Waals surface area contributed by atoms with Gasteiger partial charge in [0.1, 0.15) is 0 Å². The predicted octanol–water partition coefficient (Wildman–Crippen LogP) is 27.0. The smallest absolute Gasteiger partial charge is 0.0904 e. The third-order valence-electron chi connectivity index (χ3n) is 19.5. The van der Waals surface area contributed by atoms with Crippen LogP contribution >= 0.6 is 159 Å². The number of fused-ring (bicyclic) bond motifs is 2. The molecule has 14 aromatic rings. The van der Waals surface area contributed by atoms with Gasteiger partial charge < -0.3 is 0 Å². The average Bonchev–Trinajstić information content (AvgIpc) is 1.54. The van der Waals surface area contributed by atoms with Crippen LogP contribution in [0.1, 0.15) is 66.8 Å². The third kappa shape index (κ3) is 12.4. The first-order valence-electron chi connectivity index (χ1n) is 33.6. The monoisotopic (exact) mass is 1600 g/mol. The molecule has 16 rings (SSSR count). The van der Waals surface area contributed by atoms with Gasteiger partial charge in [0.25, 0.3) is 0 Å². The predicted molar refractivity (Wildman–Crippen MR) is 470 cm³/mol. The van der Waals surface area contributed by atoms with Gasteiger partial charge in [-0.2, -0.15) is 0 Å². The summed E-state index contributed by atoms with van der Waals surface area (Å²) in [5.74, 6) is 0. The lowest BCUT2D eigenvalue weighted by molar-refractivity contribution is 1.24. The van der Waals surface area contributed by atoms with Crippen molar-refractivity contribution in [2.24, 2.45) is 0 Å². The molecule has 2 aliphatic heterocycles. The van der Waals surface area contributed by atoms with Crippen LogP contribution in [0.2, 0.25) is 65.5 Å². The molecule has 19 heteroatoms. The highest BCUT2D eigenvalue weighted by atomic mass is 32.2. The van der Waals surface area contributed by atoms with Crippen molar-refractivity contribution >= 4 is 219 Å². The molecule has 0 atom stereocenters. The lowest BCUT2D eigenvalue weighted by atomic mass is 10.1. The average molecular weight is 1610 g/mol. The normalized spacial score (nSPS) is 14.2. The van der Waals surface area contributed by atoms with E-state index in [1.54, 1.807) is 59.8 Å². The minimum Gasteiger partial charge on any atom is -0.145 e. The van der Waals surface area contributed by atoms with Gasteiger partial charge in [-0.15, -0.1) is 159 Å². The van der Waals surface area contributed by atoms with E-state index in [4.69, 9.17) is 0 Å². The molecule has 0 radical (unpaired) electrons. The van der Waals surface area contributed by atoms with Gasteiger partial charge in [0, 0.05) is 117 Å². The third-order valence-corrected chi connectivity index (χ3v) is 55.8. The number of hydrogen-bond donors (Lipinski definition) is 0. The van der Waals surface area contributed by atoms with Crippen LogP contribution in [0.25, 0.3) is 117 Å². The van der Waals surface area contributed by atoms with E-state index < -0.39 is 32.3 Å². The van der Waals surface area contributed by atoms with Crippen molar-refractivity contribution in [2.75, 3.05) is 0 Å². The maximum atomic E-state index is 2.59. The van der Waals surface area contributed by atoms with Crippen LogP contribution in [-0.2, 0) is 24.2 Å². The summed E-state index contributed by atoms with van der Waals surface area (Å²) in [4.78, 5) is 35.1. The summed E-state index contributed by atoms with van der Waals surface area (Å²) in [5, 5.41) is 0. The van der Waals surface area contributed by atoms with E-state index in [2.05, 4.69) is 286 Å². The standard InChI is InChI=1S/C78H80S14Si5/c1-39-27-55(83-67(39)51-19-23-63(79-51)93-9)71-43(5)31-59(87-71)75-47-35-97(36-48(47)76(91-75)60-32-44(6)72(88-60)56-28-40(2)68(84-56)52-20-24-64(80-52)94(10,11)12)37-49-50(38-97)78(62-34-46(8)74(90-62)58-30-42(4)70(86-58)54-22-26-66(82-54)96(16,17)18)92-77(49)61-33-45(7)73(89-61)57-29-41(3)69(85-57)53-21-25-65(81-53)95(13,14)15/h19-34H,35-38,93H2,1-18H3. The van der Waals surface area contributed by atoms with Crippen molar-refractivity contribution in [3.63, 3.8) is 0 Å². The molecule has 14 aromatic heterocycles. The molecule has 0 aliphatic carbocycles. The molecule has 0 fully saturated rings. The molecule has 2 aliphatic rings. The first kappa shape index (κ1) is 68.3. The number of aryl methyl sites for hydroxylation is 8. The molecule has 496 valence electrons. The zero-order valence-corrected chi connectivity index (χ0v) is 75.3. The van der Waals surface area contributed by atoms with Crippen LogP contribution in [0.5, 0.6) is 0 Å². The Balaban J connectivity index is 0.808. The molecule has 0 nitrogen and oxygen atoms in total. The molecule has 0 saturated heterocycles. The molecule has 1 spiro atoms. The summed E-state index contributed by atoms with van der Waals surface area (Å²) in [5.41, 5.74) is 18.0. The Morgan fingerprint density at radius 3 is 0.660 bits per heavy atom. The van der Waals surface area contributed by atoms with Crippen LogP contribution in [0.15, 0.2) is 97.1 Å². The van der Waals surface area contributed by atoms with E-state index in [0.29, 0.717) is 0 Å². The van der Waals surface area contributed by atoms with Gasteiger partial charge in [-0.1, -0.05) is 89.7 Å². The van der Waals surface area contributed by atoms with Crippen LogP contribution in [0.3, 0.4) is 0 Å². The van der Waals surface area contributed by atoms with E-state index in [9.17, 15) is 0 Å². The Morgan fingerprint density at radius 2 is 0.454 bits per heavy atom. The fourth-order valence-corrected chi connectivity index (χ4v) is 45.1. The molecule has 0 bridgehead atoms. The van der Waals surface area contributed by atoms with Crippen LogP contribution in [-0.4, -0.2) is 41.8 Å². The zero-order chi connectivity index (χ0) is 67.8.